The largest absolute Gasteiger partial charge is 0.355 e. The Morgan fingerprint density at radius 3 is 2.09 bits per heavy atom. The topological polar surface area (TPSA) is 49.4 Å². The van der Waals surface area contributed by atoms with Gasteiger partial charge in [-0.25, -0.2) is 4.39 Å². The number of nitrogens with one attached hydrogen (secondary N) is 1. The summed E-state index contributed by atoms with van der Waals surface area (Å²) in [6.45, 7) is 6.88. The molecule has 0 aliphatic carbocycles. The van der Waals surface area contributed by atoms with Crippen molar-refractivity contribution < 1.29 is 14.0 Å². The Bertz CT molecular complexity index is 1080. The van der Waals surface area contributed by atoms with E-state index < -0.39 is 6.04 Å². The average molecular weight is 475 g/mol. The fraction of sp³-hybridized carbons (Fsp3) is 0.333. The molecule has 0 aromatic heterocycles. The SMILES string of the molecule is CCNC(=O)C(Cc1ccccc1)N(Cc1ccc(F)cc1)C(=O)CCc1ccc(C(C)C)cc1. The van der Waals surface area contributed by atoms with E-state index in [1.165, 1.54) is 17.7 Å². The van der Waals surface area contributed by atoms with Crippen molar-refractivity contribution in [3.63, 3.8) is 0 Å². The third-order valence-corrected chi connectivity index (χ3v) is 6.16. The van der Waals surface area contributed by atoms with E-state index in [0.717, 1.165) is 16.7 Å². The molecule has 0 saturated carbocycles. The number of carbonyl (C=O) groups is 2. The van der Waals surface area contributed by atoms with E-state index in [1.807, 2.05) is 37.3 Å². The molecule has 1 atom stereocenters. The molecular weight excluding hydrogens is 439 g/mol. The molecule has 1 N–H and O–H groups in total. The maximum Gasteiger partial charge on any atom is 0.243 e. The lowest BCUT2D eigenvalue weighted by molar-refractivity contribution is -0.141. The second-order valence-corrected chi connectivity index (χ2v) is 9.14. The Labute approximate surface area is 208 Å². The zero-order valence-electron chi connectivity index (χ0n) is 20.8. The van der Waals surface area contributed by atoms with E-state index in [-0.39, 0.29) is 30.6 Å². The summed E-state index contributed by atoms with van der Waals surface area (Å²) < 4.78 is 13.5. The molecule has 35 heavy (non-hydrogen) atoms. The van der Waals surface area contributed by atoms with Gasteiger partial charge < -0.3 is 10.2 Å². The van der Waals surface area contributed by atoms with E-state index in [4.69, 9.17) is 0 Å². The first kappa shape index (κ1) is 26.1. The Kier molecular flexibility index (Phi) is 9.59. The summed E-state index contributed by atoms with van der Waals surface area (Å²) in [5.41, 5.74) is 4.10. The molecule has 3 aromatic carbocycles. The highest BCUT2D eigenvalue weighted by Crippen LogP contribution is 2.19. The molecular formula is C30H35FN2O2. The number of hydrogen-bond acceptors (Lipinski definition) is 2. The summed E-state index contributed by atoms with van der Waals surface area (Å²) in [6.07, 6.45) is 1.28. The van der Waals surface area contributed by atoms with Crippen LogP contribution in [-0.4, -0.2) is 29.3 Å². The number of rotatable bonds is 11. The smallest absolute Gasteiger partial charge is 0.243 e. The van der Waals surface area contributed by atoms with Crippen LogP contribution in [-0.2, 0) is 29.0 Å². The molecule has 184 valence electrons. The van der Waals surface area contributed by atoms with Crippen molar-refractivity contribution in [2.75, 3.05) is 6.54 Å². The van der Waals surface area contributed by atoms with Gasteiger partial charge >= 0.3 is 0 Å². The average Bonchev–Trinajstić information content (AvgIpc) is 2.86. The lowest BCUT2D eigenvalue weighted by Gasteiger charge is -2.31. The zero-order chi connectivity index (χ0) is 25.2. The summed E-state index contributed by atoms with van der Waals surface area (Å²) in [7, 11) is 0. The molecule has 5 heteroatoms. The van der Waals surface area contributed by atoms with Crippen molar-refractivity contribution in [2.45, 2.75) is 58.5 Å². The zero-order valence-corrected chi connectivity index (χ0v) is 20.8. The highest BCUT2D eigenvalue weighted by atomic mass is 19.1. The number of nitrogens with zero attached hydrogens (tertiary/aromatic N) is 1. The van der Waals surface area contributed by atoms with Crippen LogP contribution in [0.4, 0.5) is 4.39 Å². The van der Waals surface area contributed by atoms with Crippen molar-refractivity contribution >= 4 is 11.8 Å². The molecule has 0 saturated heterocycles. The Hall–Kier alpha value is -3.47. The fourth-order valence-electron chi connectivity index (χ4n) is 4.10. The van der Waals surface area contributed by atoms with Gasteiger partial charge in [-0.1, -0.05) is 80.6 Å². The van der Waals surface area contributed by atoms with Crippen molar-refractivity contribution in [3.05, 3.63) is 107 Å². The Morgan fingerprint density at radius 2 is 1.49 bits per heavy atom. The van der Waals surface area contributed by atoms with Gasteiger partial charge in [-0.15, -0.1) is 0 Å². The molecule has 0 bridgehead atoms. The Balaban J connectivity index is 1.85. The number of hydrogen-bond donors (Lipinski definition) is 1. The van der Waals surface area contributed by atoms with Crippen LogP contribution in [0, 0.1) is 5.82 Å². The van der Waals surface area contributed by atoms with Crippen molar-refractivity contribution in [3.8, 4) is 0 Å². The first-order valence-corrected chi connectivity index (χ1v) is 12.3. The van der Waals surface area contributed by atoms with Crippen LogP contribution in [0.15, 0.2) is 78.9 Å². The third kappa shape index (κ3) is 7.78. The first-order valence-electron chi connectivity index (χ1n) is 12.3. The number of carbonyl (C=O) groups excluding carboxylic acids is 2. The molecule has 2 amide bonds. The number of benzene rings is 3. The molecule has 0 fully saturated rings. The van der Waals surface area contributed by atoms with E-state index in [0.29, 0.717) is 25.3 Å². The summed E-state index contributed by atoms with van der Waals surface area (Å²) >= 11 is 0. The van der Waals surface area contributed by atoms with Gasteiger partial charge in [0.2, 0.25) is 11.8 Å². The molecule has 3 rings (SSSR count). The van der Waals surface area contributed by atoms with Crippen LogP contribution in [0.5, 0.6) is 0 Å². The summed E-state index contributed by atoms with van der Waals surface area (Å²) in [4.78, 5) is 28.4. The van der Waals surface area contributed by atoms with Gasteiger partial charge in [-0.05, 0) is 53.6 Å². The second kappa shape index (κ2) is 12.8. The van der Waals surface area contributed by atoms with Crippen molar-refractivity contribution in [1.82, 2.24) is 10.2 Å². The highest BCUT2D eigenvalue weighted by molar-refractivity contribution is 5.88. The predicted octanol–water partition coefficient (Wildman–Crippen LogP) is 5.66. The minimum absolute atomic E-state index is 0.102. The quantitative estimate of drug-likeness (QED) is 0.390. The lowest BCUT2D eigenvalue weighted by atomic mass is 9.99. The Morgan fingerprint density at radius 1 is 0.857 bits per heavy atom. The summed E-state index contributed by atoms with van der Waals surface area (Å²) in [5, 5.41) is 2.89. The third-order valence-electron chi connectivity index (χ3n) is 6.16. The van der Waals surface area contributed by atoms with E-state index in [9.17, 15) is 14.0 Å². The number of halogens is 1. The van der Waals surface area contributed by atoms with Gasteiger partial charge in [0.1, 0.15) is 11.9 Å². The first-order chi connectivity index (χ1) is 16.9. The van der Waals surface area contributed by atoms with Crippen molar-refractivity contribution in [1.29, 1.82) is 0 Å². The van der Waals surface area contributed by atoms with Crippen LogP contribution in [0.25, 0.3) is 0 Å². The number of amides is 2. The van der Waals surface area contributed by atoms with Gasteiger partial charge in [-0.3, -0.25) is 9.59 Å². The number of aryl methyl sites for hydroxylation is 1. The molecule has 1 unspecified atom stereocenters. The molecule has 0 aliphatic rings. The van der Waals surface area contributed by atoms with Crippen LogP contribution in [0.1, 0.15) is 55.4 Å². The normalized spacial score (nSPS) is 11.8. The predicted molar refractivity (Wildman–Crippen MR) is 138 cm³/mol. The van der Waals surface area contributed by atoms with E-state index in [1.54, 1.807) is 17.0 Å². The van der Waals surface area contributed by atoms with Crippen LogP contribution < -0.4 is 5.32 Å². The molecule has 0 aliphatic heterocycles. The summed E-state index contributed by atoms with van der Waals surface area (Å²) in [6, 6.07) is 23.5. The lowest BCUT2D eigenvalue weighted by Crippen LogP contribution is -2.50. The molecule has 4 nitrogen and oxygen atoms in total. The van der Waals surface area contributed by atoms with Crippen LogP contribution in [0.3, 0.4) is 0 Å². The van der Waals surface area contributed by atoms with Gasteiger partial charge in [0.25, 0.3) is 0 Å². The molecule has 0 radical (unpaired) electrons. The monoisotopic (exact) mass is 474 g/mol. The molecule has 0 heterocycles. The van der Waals surface area contributed by atoms with Gasteiger partial charge in [0, 0.05) is 25.9 Å². The van der Waals surface area contributed by atoms with E-state index >= 15 is 0 Å². The molecule has 0 spiro atoms. The number of likely N-dealkylation sites (N-methyl/N-ethyl adjacent to an activating group) is 1. The maximum atomic E-state index is 13.6. The summed E-state index contributed by atoms with van der Waals surface area (Å²) in [5.74, 6) is -0.170. The minimum Gasteiger partial charge on any atom is -0.355 e. The second-order valence-electron chi connectivity index (χ2n) is 9.14. The standard InChI is InChI=1S/C30H35FN2O2/c1-4-32-30(35)28(20-24-8-6-5-7-9-24)33(21-25-12-17-27(31)18-13-25)29(34)19-14-23-10-15-26(16-11-23)22(2)3/h5-13,15-18,22,28H,4,14,19-21H2,1-3H3,(H,32,35). The van der Waals surface area contributed by atoms with E-state index in [2.05, 4.69) is 43.4 Å². The fourth-order valence-corrected chi connectivity index (χ4v) is 4.10. The highest BCUT2D eigenvalue weighted by Gasteiger charge is 2.29. The van der Waals surface area contributed by atoms with Gasteiger partial charge in [0.15, 0.2) is 0 Å². The minimum atomic E-state index is -0.668. The molecule has 3 aromatic rings. The van der Waals surface area contributed by atoms with Crippen LogP contribution >= 0.6 is 0 Å². The van der Waals surface area contributed by atoms with Crippen molar-refractivity contribution in [2.24, 2.45) is 0 Å². The van der Waals surface area contributed by atoms with Gasteiger partial charge in [0.05, 0.1) is 0 Å². The maximum absolute atomic E-state index is 13.6. The van der Waals surface area contributed by atoms with Crippen LogP contribution in [0.2, 0.25) is 0 Å². The van der Waals surface area contributed by atoms with Gasteiger partial charge in [-0.2, -0.15) is 0 Å².